The number of para-hydroxylation sites is 1. The second kappa shape index (κ2) is 6.93. The summed E-state index contributed by atoms with van der Waals surface area (Å²) >= 11 is 7.40. The number of carbonyl (C=O) groups is 2. The van der Waals surface area contributed by atoms with Crippen LogP contribution in [0.15, 0.2) is 41.8 Å². The Labute approximate surface area is 148 Å². The molecule has 3 rings (SSSR count). The van der Waals surface area contributed by atoms with Crippen molar-refractivity contribution >= 4 is 40.4 Å². The van der Waals surface area contributed by atoms with Gasteiger partial charge in [-0.15, -0.1) is 11.3 Å². The van der Waals surface area contributed by atoms with E-state index in [1.54, 1.807) is 24.3 Å². The maximum Gasteiger partial charge on any atom is 0.313 e. The van der Waals surface area contributed by atoms with Crippen LogP contribution in [0.1, 0.15) is 17.7 Å². The zero-order valence-corrected chi connectivity index (χ0v) is 14.4. The van der Waals surface area contributed by atoms with Crippen LogP contribution in [0.2, 0.25) is 5.02 Å². The average Bonchev–Trinajstić information content (AvgIpc) is 3.29. The van der Waals surface area contributed by atoms with E-state index >= 15 is 0 Å². The predicted molar refractivity (Wildman–Crippen MR) is 94.0 cm³/mol. The summed E-state index contributed by atoms with van der Waals surface area (Å²) in [5, 5.41) is 18.2. The number of hydrogen-bond acceptors (Lipinski definition) is 4. The Bertz CT molecular complexity index is 746. The van der Waals surface area contributed by atoms with Gasteiger partial charge in [0.25, 0.3) is 0 Å². The molecule has 1 aromatic carbocycles. The zero-order chi connectivity index (χ0) is 17.2. The molecule has 2 amide bonds. The summed E-state index contributed by atoms with van der Waals surface area (Å²) in [7, 11) is 0. The number of benzene rings is 1. The van der Waals surface area contributed by atoms with E-state index in [9.17, 15) is 14.7 Å². The Morgan fingerprint density at radius 1 is 1.21 bits per heavy atom. The summed E-state index contributed by atoms with van der Waals surface area (Å²) in [6.45, 7) is 0.00690. The second-order valence-electron chi connectivity index (χ2n) is 5.79. The maximum atomic E-state index is 12.0. The molecule has 24 heavy (non-hydrogen) atoms. The van der Waals surface area contributed by atoms with E-state index in [-0.39, 0.29) is 12.5 Å². The highest BCUT2D eigenvalue weighted by Crippen LogP contribution is 2.46. The Hall–Kier alpha value is -1.89. The Balaban J connectivity index is 1.62. The number of halogens is 1. The molecular formula is C17H17ClN2O3S. The second-order valence-corrected chi connectivity index (χ2v) is 7.15. The fourth-order valence-electron chi connectivity index (χ4n) is 2.56. The van der Waals surface area contributed by atoms with Crippen LogP contribution in [0.25, 0.3) is 0 Å². The van der Waals surface area contributed by atoms with Crippen molar-refractivity contribution in [2.24, 2.45) is 5.92 Å². The normalized spacial score (nSPS) is 16.2. The molecule has 0 radical (unpaired) electrons. The Morgan fingerprint density at radius 3 is 2.58 bits per heavy atom. The number of rotatable bonds is 5. The maximum absolute atomic E-state index is 12.0. The highest BCUT2D eigenvalue weighted by molar-refractivity contribution is 7.10. The zero-order valence-electron chi connectivity index (χ0n) is 12.8. The van der Waals surface area contributed by atoms with Crippen molar-refractivity contribution < 1.29 is 14.7 Å². The number of aliphatic hydroxyl groups is 1. The lowest BCUT2D eigenvalue weighted by molar-refractivity contribution is -0.137. The van der Waals surface area contributed by atoms with Crippen LogP contribution >= 0.6 is 22.9 Å². The fourth-order valence-corrected chi connectivity index (χ4v) is 3.64. The van der Waals surface area contributed by atoms with Gasteiger partial charge in [0.1, 0.15) is 5.60 Å². The molecule has 0 spiro atoms. The molecule has 0 bridgehead atoms. The van der Waals surface area contributed by atoms with Gasteiger partial charge in [-0.3, -0.25) is 9.59 Å². The first kappa shape index (κ1) is 17.0. The average molecular weight is 365 g/mol. The van der Waals surface area contributed by atoms with Crippen LogP contribution in [-0.2, 0) is 15.2 Å². The fraction of sp³-hybridized carbons (Fsp3) is 0.294. The van der Waals surface area contributed by atoms with Crippen molar-refractivity contribution in [2.45, 2.75) is 18.4 Å². The van der Waals surface area contributed by atoms with Gasteiger partial charge in [0.2, 0.25) is 0 Å². The summed E-state index contributed by atoms with van der Waals surface area (Å²) < 4.78 is 0. The summed E-state index contributed by atoms with van der Waals surface area (Å²) in [6, 6.07) is 10.4. The van der Waals surface area contributed by atoms with Crippen LogP contribution in [0, 0.1) is 5.92 Å². The molecule has 5 nitrogen and oxygen atoms in total. The number of carbonyl (C=O) groups excluding carboxylic acids is 2. The van der Waals surface area contributed by atoms with Gasteiger partial charge in [0.05, 0.1) is 17.3 Å². The van der Waals surface area contributed by atoms with E-state index in [0.29, 0.717) is 10.7 Å². The quantitative estimate of drug-likeness (QED) is 0.714. The predicted octanol–water partition coefficient (Wildman–Crippen LogP) is 2.75. The Kier molecular flexibility index (Phi) is 4.89. The van der Waals surface area contributed by atoms with Gasteiger partial charge in [-0.2, -0.15) is 0 Å². The largest absolute Gasteiger partial charge is 0.382 e. The van der Waals surface area contributed by atoms with E-state index in [1.165, 1.54) is 11.3 Å². The molecule has 1 heterocycles. The number of nitrogens with one attached hydrogen (secondary N) is 2. The molecular weight excluding hydrogens is 348 g/mol. The molecule has 126 valence electrons. The molecule has 1 saturated carbocycles. The standard InChI is InChI=1S/C17H17ClN2O3S/c18-12-4-1-2-5-13(12)20-16(22)15(21)19-10-17(23,11-7-8-11)14-6-3-9-24-14/h1-6,9,11,23H,7-8,10H2,(H,19,21)(H,20,22)/t17-/m1/s1. The number of thiophene rings is 1. The minimum Gasteiger partial charge on any atom is -0.382 e. The molecule has 1 aliphatic carbocycles. The van der Waals surface area contributed by atoms with Crippen LogP contribution < -0.4 is 10.6 Å². The van der Waals surface area contributed by atoms with Crippen molar-refractivity contribution in [3.8, 4) is 0 Å². The molecule has 7 heteroatoms. The van der Waals surface area contributed by atoms with E-state index in [4.69, 9.17) is 11.6 Å². The minimum absolute atomic E-state index is 0.00690. The van der Waals surface area contributed by atoms with Gasteiger partial charge in [-0.1, -0.05) is 29.8 Å². The third-order valence-electron chi connectivity index (χ3n) is 4.05. The van der Waals surface area contributed by atoms with E-state index in [0.717, 1.165) is 17.7 Å². The van der Waals surface area contributed by atoms with Crippen molar-refractivity contribution in [2.75, 3.05) is 11.9 Å². The smallest absolute Gasteiger partial charge is 0.313 e. The lowest BCUT2D eigenvalue weighted by Crippen LogP contribution is -2.45. The SMILES string of the molecule is O=C(NC[C@](O)(c1cccs1)C1CC1)C(=O)Nc1ccccc1Cl. The van der Waals surface area contributed by atoms with E-state index in [2.05, 4.69) is 10.6 Å². The third-order valence-corrected chi connectivity index (χ3v) is 5.41. The minimum atomic E-state index is -1.12. The lowest BCUT2D eigenvalue weighted by atomic mass is 9.95. The van der Waals surface area contributed by atoms with Crippen LogP contribution in [-0.4, -0.2) is 23.5 Å². The van der Waals surface area contributed by atoms with Crippen LogP contribution in [0.5, 0.6) is 0 Å². The van der Waals surface area contributed by atoms with E-state index < -0.39 is 17.4 Å². The molecule has 0 saturated heterocycles. The number of anilines is 1. The molecule has 2 aromatic rings. The highest BCUT2D eigenvalue weighted by atomic mass is 35.5. The van der Waals surface area contributed by atoms with Crippen LogP contribution in [0.3, 0.4) is 0 Å². The summed E-state index contributed by atoms with van der Waals surface area (Å²) in [5.74, 6) is -1.50. The number of hydrogen-bond donors (Lipinski definition) is 3. The summed E-state index contributed by atoms with van der Waals surface area (Å²) in [6.07, 6.45) is 1.83. The van der Waals surface area contributed by atoms with Gasteiger partial charge in [0.15, 0.2) is 0 Å². The first-order valence-corrected chi connectivity index (χ1v) is 8.86. The topological polar surface area (TPSA) is 78.4 Å². The Morgan fingerprint density at radius 2 is 1.96 bits per heavy atom. The van der Waals surface area contributed by atoms with Crippen molar-refractivity contribution in [3.05, 3.63) is 51.7 Å². The first-order valence-electron chi connectivity index (χ1n) is 7.61. The van der Waals surface area contributed by atoms with Crippen molar-refractivity contribution in [1.29, 1.82) is 0 Å². The van der Waals surface area contributed by atoms with Gasteiger partial charge in [0, 0.05) is 4.88 Å². The van der Waals surface area contributed by atoms with E-state index in [1.807, 2.05) is 17.5 Å². The monoisotopic (exact) mass is 364 g/mol. The van der Waals surface area contributed by atoms with Crippen molar-refractivity contribution in [1.82, 2.24) is 5.32 Å². The summed E-state index contributed by atoms with van der Waals surface area (Å²) in [5.41, 5.74) is -0.746. The molecule has 1 aliphatic rings. The molecule has 1 fully saturated rings. The van der Waals surface area contributed by atoms with Crippen molar-refractivity contribution in [3.63, 3.8) is 0 Å². The lowest BCUT2D eigenvalue weighted by Gasteiger charge is -2.27. The van der Waals surface area contributed by atoms with Gasteiger partial charge in [-0.25, -0.2) is 0 Å². The summed E-state index contributed by atoms with van der Waals surface area (Å²) in [4.78, 5) is 24.8. The van der Waals surface area contributed by atoms with Crippen LogP contribution in [0.4, 0.5) is 5.69 Å². The molecule has 0 unspecified atom stereocenters. The van der Waals surface area contributed by atoms with Gasteiger partial charge < -0.3 is 15.7 Å². The number of amides is 2. The molecule has 0 aliphatic heterocycles. The first-order chi connectivity index (χ1) is 11.5. The third kappa shape index (κ3) is 3.61. The van der Waals surface area contributed by atoms with Gasteiger partial charge >= 0.3 is 11.8 Å². The van der Waals surface area contributed by atoms with Gasteiger partial charge in [-0.05, 0) is 42.3 Å². The molecule has 1 atom stereocenters. The molecule has 3 N–H and O–H groups in total. The highest BCUT2D eigenvalue weighted by Gasteiger charge is 2.46. The molecule has 1 aromatic heterocycles.